The number of hydrogen-bond acceptors (Lipinski definition) is 4. The molecule has 1 saturated heterocycles. The SMILES string of the molecule is CC(O)CNC(=O)CC1OCCO1. The molecule has 76 valence electrons. The molecule has 1 unspecified atom stereocenters. The molecule has 0 aromatic heterocycles. The van der Waals surface area contributed by atoms with Crippen molar-refractivity contribution in [2.75, 3.05) is 19.8 Å². The second-order valence-electron chi connectivity index (χ2n) is 3.03. The van der Waals surface area contributed by atoms with Crippen molar-refractivity contribution in [2.45, 2.75) is 25.7 Å². The highest BCUT2D eigenvalue weighted by atomic mass is 16.7. The summed E-state index contributed by atoms with van der Waals surface area (Å²) in [7, 11) is 0. The molecule has 0 radical (unpaired) electrons. The van der Waals surface area contributed by atoms with E-state index in [-0.39, 0.29) is 18.9 Å². The van der Waals surface area contributed by atoms with Crippen molar-refractivity contribution in [1.82, 2.24) is 5.32 Å². The van der Waals surface area contributed by atoms with Crippen molar-refractivity contribution in [3.8, 4) is 0 Å². The monoisotopic (exact) mass is 189 g/mol. The largest absolute Gasteiger partial charge is 0.392 e. The Balaban J connectivity index is 2.09. The first kappa shape index (κ1) is 10.4. The molecule has 1 rings (SSSR count). The first-order chi connectivity index (χ1) is 6.18. The van der Waals surface area contributed by atoms with Crippen molar-refractivity contribution in [2.24, 2.45) is 0 Å². The van der Waals surface area contributed by atoms with Gasteiger partial charge in [0, 0.05) is 6.54 Å². The minimum atomic E-state index is -0.519. The smallest absolute Gasteiger partial charge is 0.225 e. The molecule has 1 aliphatic heterocycles. The maximum atomic E-state index is 11.1. The molecule has 1 fully saturated rings. The normalized spacial score (nSPS) is 20.2. The summed E-state index contributed by atoms with van der Waals surface area (Å²) in [4.78, 5) is 11.1. The molecular formula is C8H15NO4. The van der Waals surface area contributed by atoms with Crippen LogP contribution in [0.15, 0.2) is 0 Å². The van der Waals surface area contributed by atoms with Gasteiger partial charge in [0.2, 0.25) is 5.91 Å². The number of carbonyl (C=O) groups is 1. The summed E-state index contributed by atoms with van der Waals surface area (Å²) in [6.45, 7) is 2.98. The van der Waals surface area contributed by atoms with Crippen LogP contribution in [0.4, 0.5) is 0 Å². The zero-order valence-electron chi connectivity index (χ0n) is 7.66. The van der Waals surface area contributed by atoms with Crippen molar-refractivity contribution in [3.63, 3.8) is 0 Å². The van der Waals surface area contributed by atoms with E-state index in [1.165, 1.54) is 0 Å². The summed E-state index contributed by atoms with van der Waals surface area (Å²) >= 11 is 0. The van der Waals surface area contributed by atoms with Crippen LogP contribution in [0.5, 0.6) is 0 Å². The van der Waals surface area contributed by atoms with Crippen LogP contribution in [-0.2, 0) is 14.3 Å². The lowest BCUT2D eigenvalue weighted by Crippen LogP contribution is -2.33. The van der Waals surface area contributed by atoms with Crippen LogP contribution in [0.25, 0.3) is 0 Å². The lowest BCUT2D eigenvalue weighted by atomic mass is 10.3. The number of hydrogen-bond donors (Lipinski definition) is 2. The van der Waals surface area contributed by atoms with Gasteiger partial charge in [-0.3, -0.25) is 4.79 Å². The molecule has 13 heavy (non-hydrogen) atoms. The number of rotatable bonds is 4. The predicted molar refractivity (Wildman–Crippen MR) is 45.0 cm³/mol. The Morgan fingerprint density at radius 3 is 2.77 bits per heavy atom. The summed E-state index contributed by atoms with van der Waals surface area (Å²) in [5, 5.41) is 11.4. The van der Waals surface area contributed by atoms with Gasteiger partial charge in [-0.2, -0.15) is 0 Å². The van der Waals surface area contributed by atoms with Gasteiger partial charge in [-0.25, -0.2) is 0 Å². The van der Waals surface area contributed by atoms with Gasteiger partial charge in [-0.05, 0) is 6.92 Å². The number of ether oxygens (including phenoxy) is 2. The zero-order chi connectivity index (χ0) is 9.68. The minimum Gasteiger partial charge on any atom is -0.392 e. The van der Waals surface area contributed by atoms with Crippen LogP contribution in [0.1, 0.15) is 13.3 Å². The Hall–Kier alpha value is -0.650. The predicted octanol–water partition coefficient (Wildman–Crippen LogP) is -0.754. The number of aliphatic hydroxyl groups is 1. The van der Waals surface area contributed by atoms with Crippen molar-refractivity contribution >= 4 is 5.91 Å². The Morgan fingerprint density at radius 1 is 1.62 bits per heavy atom. The van der Waals surface area contributed by atoms with Crippen LogP contribution < -0.4 is 5.32 Å². The van der Waals surface area contributed by atoms with Gasteiger partial charge >= 0.3 is 0 Å². The molecule has 0 spiro atoms. The Bertz CT molecular complexity index is 166. The van der Waals surface area contributed by atoms with Crippen LogP contribution in [-0.4, -0.2) is 43.2 Å². The molecule has 1 aliphatic rings. The van der Waals surface area contributed by atoms with Crippen molar-refractivity contribution < 1.29 is 19.4 Å². The van der Waals surface area contributed by atoms with E-state index in [2.05, 4.69) is 5.32 Å². The molecule has 1 atom stereocenters. The highest BCUT2D eigenvalue weighted by Crippen LogP contribution is 2.06. The molecule has 0 bridgehead atoms. The first-order valence-corrected chi connectivity index (χ1v) is 4.36. The molecule has 1 amide bonds. The summed E-state index contributed by atoms with van der Waals surface area (Å²) in [5.74, 6) is -0.159. The summed E-state index contributed by atoms with van der Waals surface area (Å²) in [5.41, 5.74) is 0. The zero-order valence-corrected chi connectivity index (χ0v) is 7.66. The second-order valence-corrected chi connectivity index (χ2v) is 3.03. The van der Waals surface area contributed by atoms with E-state index in [4.69, 9.17) is 14.6 Å². The number of nitrogens with one attached hydrogen (secondary N) is 1. The van der Waals surface area contributed by atoms with E-state index in [9.17, 15) is 4.79 Å². The van der Waals surface area contributed by atoms with E-state index in [0.29, 0.717) is 13.2 Å². The standard InChI is InChI=1S/C8H15NO4/c1-6(10)5-9-7(11)4-8-12-2-3-13-8/h6,8,10H,2-5H2,1H3,(H,9,11). The number of amides is 1. The Kier molecular flexibility index (Phi) is 4.14. The molecule has 2 N–H and O–H groups in total. The van der Waals surface area contributed by atoms with Crippen LogP contribution in [0, 0.1) is 0 Å². The molecule has 0 aromatic rings. The van der Waals surface area contributed by atoms with E-state index in [0.717, 1.165) is 0 Å². The van der Waals surface area contributed by atoms with Crippen molar-refractivity contribution in [3.05, 3.63) is 0 Å². The minimum absolute atomic E-state index is 0.159. The third-order valence-electron chi connectivity index (χ3n) is 1.64. The van der Waals surface area contributed by atoms with Gasteiger partial charge in [0.1, 0.15) is 0 Å². The van der Waals surface area contributed by atoms with Crippen molar-refractivity contribution in [1.29, 1.82) is 0 Å². The topological polar surface area (TPSA) is 67.8 Å². The molecule has 5 heteroatoms. The van der Waals surface area contributed by atoms with E-state index in [1.807, 2.05) is 0 Å². The van der Waals surface area contributed by atoms with E-state index >= 15 is 0 Å². The lowest BCUT2D eigenvalue weighted by Gasteiger charge is -2.10. The fourth-order valence-corrected chi connectivity index (χ4v) is 1.01. The number of carbonyl (C=O) groups excluding carboxylic acids is 1. The van der Waals surface area contributed by atoms with Gasteiger partial charge in [0.15, 0.2) is 6.29 Å². The Morgan fingerprint density at radius 2 is 2.23 bits per heavy atom. The van der Waals surface area contributed by atoms with Crippen LogP contribution >= 0.6 is 0 Å². The van der Waals surface area contributed by atoms with Gasteiger partial charge in [0.05, 0.1) is 25.7 Å². The van der Waals surface area contributed by atoms with Gasteiger partial charge in [-0.15, -0.1) is 0 Å². The fraction of sp³-hybridized carbons (Fsp3) is 0.875. The van der Waals surface area contributed by atoms with Gasteiger partial charge < -0.3 is 19.9 Å². The average molecular weight is 189 g/mol. The highest BCUT2D eigenvalue weighted by Gasteiger charge is 2.19. The summed E-state index contributed by atoms with van der Waals surface area (Å²) in [6, 6.07) is 0. The lowest BCUT2D eigenvalue weighted by molar-refractivity contribution is -0.129. The summed E-state index contributed by atoms with van der Waals surface area (Å²) < 4.78 is 10.2. The molecular weight excluding hydrogens is 174 g/mol. The van der Waals surface area contributed by atoms with E-state index < -0.39 is 12.4 Å². The Labute approximate surface area is 77.0 Å². The summed E-state index contributed by atoms with van der Waals surface area (Å²) in [6.07, 6.45) is -0.726. The molecule has 0 aliphatic carbocycles. The quantitative estimate of drug-likeness (QED) is 0.610. The third kappa shape index (κ3) is 4.21. The molecule has 1 heterocycles. The first-order valence-electron chi connectivity index (χ1n) is 4.36. The van der Waals surface area contributed by atoms with Crippen LogP contribution in [0.3, 0.4) is 0 Å². The maximum absolute atomic E-state index is 11.1. The second kappa shape index (κ2) is 5.16. The molecule has 0 aromatic carbocycles. The molecule has 5 nitrogen and oxygen atoms in total. The molecule has 0 saturated carbocycles. The highest BCUT2D eigenvalue weighted by molar-refractivity contribution is 5.76. The van der Waals surface area contributed by atoms with Gasteiger partial charge in [0.25, 0.3) is 0 Å². The van der Waals surface area contributed by atoms with Gasteiger partial charge in [-0.1, -0.05) is 0 Å². The van der Waals surface area contributed by atoms with Crippen LogP contribution in [0.2, 0.25) is 0 Å². The third-order valence-corrected chi connectivity index (χ3v) is 1.64. The fourth-order valence-electron chi connectivity index (χ4n) is 1.01. The number of aliphatic hydroxyl groups excluding tert-OH is 1. The maximum Gasteiger partial charge on any atom is 0.225 e. The van der Waals surface area contributed by atoms with E-state index in [1.54, 1.807) is 6.92 Å². The average Bonchev–Trinajstić information content (AvgIpc) is 2.53.